The zero-order valence-corrected chi connectivity index (χ0v) is 19.0. The summed E-state index contributed by atoms with van der Waals surface area (Å²) in [7, 11) is 0. The molecule has 3 aliphatic rings. The normalized spacial score (nSPS) is 18.4. The minimum atomic E-state index is -0.319. The maximum Gasteiger partial charge on any atom is 0.339 e. The van der Waals surface area contributed by atoms with Gasteiger partial charge in [0.25, 0.3) is 5.91 Å². The predicted octanol–water partition coefficient (Wildman–Crippen LogP) is 3.07. The van der Waals surface area contributed by atoms with E-state index >= 15 is 0 Å². The summed E-state index contributed by atoms with van der Waals surface area (Å²) in [4.78, 5) is 34.9. The van der Waals surface area contributed by atoms with Gasteiger partial charge in [0.15, 0.2) is 6.61 Å². The Balaban J connectivity index is 1.36. The second-order valence-corrected chi connectivity index (χ2v) is 9.80. The fourth-order valence-electron chi connectivity index (χ4n) is 5.32. The zero-order chi connectivity index (χ0) is 22.7. The van der Waals surface area contributed by atoms with Crippen LogP contribution in [0.2, 0.25) is 0 Å². The van der Waals surface area contributed by atoms with Crippen molar-refractivity contribution in [2.75, 3.05) is 13.2 Å². The molecule has 1 N–H and O–H groups in total. The Bertz CT molecular complexity index is 1340. The third-order valence-corrected chi connectivity index (χ3v) is 7.11. The third-order valence-electron chi connectivity index (χ3n) is 7.11. The SMILES string of the molecule is CC1(C)CCc2c(cc(OCC(=O)N3CCc4nc[nH]c4C3)c3c4c(c(=O)oc23)CCC4)O1. The van der Waals surface area contributed by atoms with Gasteiger partial charge in [0, 0.05) is 30.2 Å². The van der Waals surface area contributed by atoms with E-state index in [4.69, 9.17) is 13.9 Å². The van der Waals surface area contributed by atoms with E-state index < -0.39 is 0 Å². The number of carbonyl (C=O) groups excluding carboxylic acids is 1. The molecule has 0 atom stereocenters. The lowest BCUT2D eigenvalue weighted by atomic mass is 9.91. The molecule has 1 aromatic carbocycles. The highest BCUT2D eigenvalue weighted by atomic mass is 16.5. The van der Waals surface area contributed by atoms with E-state index in [0.29, 0.717) is 36.6 Å². The summed E-state index contributed by atoms with van der Waals surface area (Å²) in [6, 6.07) is 1.88. The summed E-state index contributed by atoms with van der Waals surface area (Å²) in [5.41, 5.74) is 4.61. The first-order chi connectivity index (χ1) is 15.9. The number of imidazole rings is 1. The second-order valence-electron chi connectivity index (χ2n) is 9.80. The average molecular weight is 450 g/mol. The van der Waals surface area contributed by atoms with Crippen LogP contribution in [0.3, 0.4) is 0 Å². The van der Waals surface area contributed by atoms with Crippen molar-refractivity contribution in [3.8, 4) is 11.5 Å². The quantitative estimate of drug-likeness (QED) is 0.617. The number of aromatic nitrogens is 2. The first-order valence-corrected chi connectivity index (χ1v) is 11.6. The Morgan fingerprint density at radius 3 is 2.94 bits per heavy atom. The van der Waals surface area contributed by atoms with E-state index in [9.17, 15) is 9.59 Å². The summed E-state index contributed by atoms with van der Waals surface area (Å²) in [5, 5.41) is 0.825. The van der Waals surface area contributed by atoms with Crippen LogP contribution in [0.15, 0.2) is 21.6 Å². The molecule has 8 nitrogen and oxygen atoms in total. The first kappa shape index (κ1) is 20.3. The maximum atomic E-state index is 13.0. The van der Waals surface area contributed by atoms with Gasteiger partial charge in [0.2, 0.25) is 0 Å². The van der Waals surface area contributed by atoms with Crippen LogP contribution in [0, 0.1) is 0 Å². The van der Waals surface area contributed by atoms with E-state index in [0.717, 1.165) is 65.6 Å². The van der Waals surface area contributed by atoms with Crippen LogP contribution in [0.4, 0.5) is 0 Å². The minimum absolute atomic E-state index is 0.0867. The standard InChI is InChI=1S/C25H27N3O5/c1-25(2)8-6-16-19(33-25)10-20(22-14-4-3-5-15(14)24(30)32-23(16)22)31-12-21(29)28-9-7-17-18(11-28)27-13-26-17/h10,13H,3-9,11-12H2,1-2H3,(H,26,27). The molecule has 2 aliphatic heterocycles. The van der Waals surface area contributed by atoms with Crippen LogP contribution in [-0.2, 0) is 37.0 Å². The van der Waals surface area contributed by atoms with E-state index in [1.807, 2.05) is 19.9 Å². The highest BCUT2D eigenvalue weighted by molar-refractivity contribution is 5.93. The predicted molar refractivity (Wildman–Crippen MR) is 121 cm³/mol. The number of ether oxygens (including phenoxy) is 2. The monoisotopic (exact) mass is 449 g/mol. The molecule has 3 aromatic rings. The Morgan fingerprint density at radius 2 is 2.06 bits per heavy atom. The van der Waals surface area contributed by atoms with Gasteiger partial charge in [-0.1, -0.05) is 0 Å². The van der Waals surface area contributed by atoms with Crippen molar-refractivity contribution in [2.24, 2.45) is 0 Å². The summed E-state index contributed by atoms with van der Waals surface area (Å²) < 4.78 is 18.2. The molecule has 0 saturated carbocycles. The number of hydrogen-bond acceptors (Lipinski definition) is 6. The lowest BCUT2D eigenvalue weighted by molar-refractivity contribution is -0.134. The molecule has 0 radical (unpaired) electrons. The smallest absolute Gasteiger partial charge is 0.339 e. The lowest BCUT2D eigenvalue weighted by Gasteiger charge is -2.33. The molecule has 0 bridgehead atoms. The van der Waals surface area contributed by atoms with Crippen LogP contribution >= 0.6 is 0 Å². The molecule has 1 aliphatic carbocycles. The van der Waals surface area contributed by atoms with Gasteiger partial charge in [0.05, 0.1) is 29.6 Å². The molecule has 0 fully saturated rings. The topological polar surface area (TPSA) is 97.7 Å². The molecule has 2 aromatic heterocycles. The maximum absolute atomic E-state index is 13.0. The average Bonchev–Trinajstić information content (AvgIpc) is 3.45. The number of carbonyl (C=O) groups is 1. The molecule has 0 unspecified atom stereocenters. The van der Waals surface area contributed by atoms with E-state index in [-0.39, 0.29) is 23.7 Å². The van der Waals surface area contributed by atoms with Gasteiger partial charge >= 0.3 is 5.63 Å². The Labute approximate surface area is 190 Å². The van der Waals surface area contributed by atoms with Gasteiger partial charge in [-0.15, -0.1) is 0 Å². The molecular formula is C25H27N3O5. The van der Waals surface area contributed by atoms with Crippen LogP contribution in [0.5, 0.6) is 11.5 Å². The van der Waals surface area contributed by atoms with Crippen molar-refractivity contribution in [1.82, 2.24) is 14.9 Å². The van der Waals surface area contributed by atoms with Crippen molar-refractivity contribution in [3.63, 3.8) is 0 Å². The number of amides is 1. The van der Waals surface area contributed by atoms with Gasteiger partial charge in [-0.3, -0.25) is 4.79 Å². The number of benzene rings is 1. The van der Waals surface area contributed by atoms with Gasteiger partial charge in [-0.25, -0.2) is 9.78 Å². The van der Waals surface area contributed by atoms with Crippen LogP contribution in [0.1, 0.15) is 54.8 Å². The van der Waals surface area contributed by atoms with E-state index in [1.165, 1.54) is 0 Å². The highest BCUT2D eigenvalue weighted by Gasteiger charge is 2.33. The summed E-state index contributed by atoms with van der Waals surface area (Å²) >= 11 is 0. The number of rotatable bonds is 3. The van der Waals surface area contributed by atoms with Crippen molar-refractivity contribution in [2.45, 2.75) is 64.5 Å². The summed E-state index contributed by atoms with van der Waals surface area (Å²) in [6.45, 7) is 5.12. The summed E-state index contributed by atoms with van der Waals surface area (Å²) in [5.74, 6) is 1.13. The fourth-order valence-corrected chi connectivity index (χ4v) is 5.32. The number of fused-ring (bicyclic) bond motifs is 6. The van der Waals surface area contributed by atoms with Gasteiger partial charge in [-0.2, -0.15) is 0 Å². The van der Waals surface area contributed by atoms with Crippen molar-refractivity contribution >= 4 is 16.9 Å². The third kappa shape index (κ3) is 3.39. The molecule has 33 heavy (non-hydrogen) atoms. The second kappa shape index (κ2) is 7.37. The molecule has 172 valence electrons. The number of H-pyrrole nitrogens is 1. The minimum Gasteiger partial charge on any atom is -0.487 e. The molecule has 0 spiro atoms. The van der Waals surface area contributed by atoms with E-state index in [1.54, 1.807) is 11.2 Å². The van der Waals surface area contributed by atoms with Crippen LogP contribution in [0.25, 0.3) is 11.0 Å². The number of nitrogens with one attached hydrogen (secondary N) is 1. The lowest BCUT2D eigenvalue weighted by Crippen LogP contribution is -2.39. The zero-order valence-electron chi connectivity index (χ0n) is 19.0. The van der Waals surface area contributed by atoms with Gasteiger partial charge in [-0.05, 0) is 51.5 Å². The van der Waals surface area contributed by atoms with Crippen LogP contribution < -0.4 is 15.1 Å². The molecular weight excluding hydrogens is 422 g/mol. The highest BCUT2D eigenvalue weighted by Crippen LogP contribution is 2.44. The first-order valence-electron chi connectivity index (χ1n) is 11.6. The molecule has 6 rings (SSSR count). The Morgan fingerprint density at radius 1 is 1.21 bits per heavy atom. The molecule has 4 heterocycles. The number of aromatic amines is 1. The fraction of sp³-hybridized carbons (Fsp3) is 0.480. The van der Waals surface area contributed by atoms with E-state index in [2.05, 4.69) is 9.97 Å². The van der Waals surface area contributed by atoms with Crippen molar-refractivity contribution in [3.05, 3.63) is 50.9 Å². The Hall–Kier alpha value is -3.29. The van der Waals surface area contributed by atoms with Crippen LogP contribution in [-0.4, -0.2) is 39.5 Å². The van der Waals surface area contributed by atoms with Crippen molar-refractivity contribution in [1.29, 1.82) is 0 Å². The van der Waals surface area contributed by atoms with Crippen molar-refractivity contribution < 1.29 is 18.7 Å². The largest absolute Gasteiger partial charge is 0.487 e. The Kier molecular flexibility index (Phi) is 4.54. The molecule has 0 saturated heterocycles. The summed E-state index contributed by atoms with van der Waals surface area (Å²) in [6.07, 6.45) is 6.43. The number of hydrogen-bond donors (Lipinski definition) is 1. The molecule has 1 amide bonds. The number of nitrogens with zero attached hydrogens (tertiary/aromatic N) is 2. The number of aryl methyl sites for hydroxylation is 2. The van der Waals surface area contributed by atoms with Gasteiger partial charge < -0.3 is 23.8 Å². The molecule has 8 heteroatoms. The van der Waals surface area contributed by atoms with Gasteiger partial charge in [0.1, 0.15) is 22.7 Å².